The normalized spacial score (nSPS) is 10.4. The summed E-state index contributed by atoms with van der Waals surface area (Å²) in [4.78, 5) is 74.0. The second kappa shape index (κ2) is 30.1. The number of hydrogen-bond acceptors (Lipinski definition) is 8. The molecule has 1 heterocycles. The van der Waals surface area contributed by atoms with Gasteiger partial charge in [-0.1, -0.05) is 6.07 Å². The molecule has 0 bridgehead atoms. The van der Waals surface area contributed by atoms with E-state index in [0.29, 0.717) is 12.1 Å². The number of pyridine rings is 1. The van der Waals surface area contributed by atoms with Gasteiger partial charge in [0.1, 0.15) is 12.1 Å². The van der Waals surface area contributed by atoms with E-state index in [1.165, 1.54) is 4.90 Å². The van der Waals surface area contributed by atoms with E-state index >= 15 is 0 Å². The number of rotatable bonds is 18. The fraction of sp³-hybridized carbons (Fsp3) is 0.440. The number of carboxylic acids is 4. The van der Waals surface area contributed by atoms with E-state index in [1.54, 1.807) is 24.4 Å². The van der Waals surface area contributed by atoms with Crippen LogP contribution in [0.3, 0.4) is 0 Å². The smallest absolute Gasteiger partial charge is 0 e. The van der Waals surface area contributed by atoms with E-state index in [2.05, 4.69) is 35.6 Å². The Balaban J connectivity index is -0.00000107. The molecule has 0 saturated heterocycles. The largest absolute Gasteiger partial charge is 0 e. The van der Waals surface area contributed by atoms with Crippen LogP contribution < -0.4 is 16.0 Å². The summed E-state index contributed by atoms with van der Waals surface area (Å²) in [6.07, 6.45) is 1.31. The molecule has 1 aromatic rings. The number of nitrogens with zero attached hydrogens (tertiary/aromatic N) is 2. The quantitative estimate of drug-likeness (QED) is 0.0547. The Morgan fingerprint density at radius 3 is 1.80 bits per heavy atom. The summed E-state index contributed by atoms with van der Waals surface area (Å²) in [6.45, 7) is 13.3. The molecule has 0 saturated carbocycles. The summed E-state index contributed by atoms with van der Waals surface area (Å²) in [7, 11) is 0. The second-order valence-electron chi connectivity index (χ2n) is 8.04. The van der Waals surface area contributed by atoms with Gasteiger partial charge in [0.15, 0.2) is 0 Å². The third-order valence-corrected chi connectivity index (χ3v) is 4.93. The number of amides is 3. The average Bonchev–Trinajstić information content (AvgIpc) is 2.97. The van der Waals surface area contributed by atoms with Crippen molar-refractivity contribution in [3.05, 3.63) is 50.0 Å². The van der Waals surface area contributed by atoms with E-state index in [-0.39, 0.29) is 65.9 Å². The summed E-state index contributed by atoms with van der Waals surface area (Å²) >= 11 is 0. The van der Waals surface area contributed by atoms with Crippen molar-refractivity contribution in [2.24, 2.45) is 0 Å². The van der Waals surface area contributed by atoms with E-state index in [4.69, 9.17) is 29.3 Å². The molecule has 0 spiro atoms. The molecule has 0 aliphatic heterocycles. The van der Waals surface area contributed by atoms with E-state index in [0.717, 1.165) is 0 Å². The molecule has 1 aromatic heterocycles. The molecule has 2 atom stereocenters. The summed E-state index contributed by atoms with van der Waals surface area (Å²) in [6, 6.07) is 1.26. The van der Waals surface area contributed by atoms with Crippen molar-refractivity contribution in [2.45, 2.75) is 50.7 Å². The van der Waals surface area contributed by atoms with Crippen LogP contribution in [0.25, 0.3) is 0 Å². The minimum atomic E-state index is -1.50. The van der Waals surface area contributed by atoms with Crippen molar-refractivity contribution in [1.29, 1.82) is 0 Å². The summed E-state index contributed by atoms with van der Waals surface area (Å²) < 4.78 is 22.5. The number of nitrogens with one attached hydrogen (secondary N) is 3. The molecule has 1 radical (unpaired) electrons. The molecule has 241 valence electrons. The molecule has 0 unspecified atom stereocenters. The van der Waals surface area contributed by atoms with Crippen LogP contribution in [0.5, 0.6) is 0 Å². The molecule has 0 fully saturated rings. The monoisotopic (exact) mass is 796 g/mol. The topological polar surface area (TPSA) is 295 Å². The van der Waals surface area contributed by atoms with Crippen LogP contribution in [0.4, 0.5) is 4.79 Å². The van der Waals surface area contributed by atoms with Crippen LogP contribution in [-0.4, -0.2) is 97.8 Å². The zero-order valence-corrected chi connectivity index (χ0v) is 25.8. The van der Waals surface area contributed by atoms with E-state index in [9.17, 15) is 33.9 Å². The van der Waals surface area contributed by atoms with Crippen molar-refractivity contribution in [2.75, 3.05) is 19.6 Å². The molecular weight excluding hydrogens is 765 g/mol. The van der Waals surface area contributed by atoms with Crippen LogP contribution >= 0.6 is 0 Å². The van der Waals surface area contributed by atoms with Crippen LogP contribution in [0.2, 0.25) is 0 Å². The first-order valence-corrected chi connectivity index (χ1v) is 11.9. The predicted molar refractivity (Wildman–Crippen MR) is 137 cm³/mol. The minimum absolute atomic E-state index is 0. The van der Waals surface area contributed by atoms with Gasteiger partial charge >= 0.3 is 63.8 Å². The van der Waals surface area contributed by atoms with Crippen molar-refractivity contribution >= 4 is 35.8 Å². The third kappa shape index (κ3) is 25.3. The SMILES string of the molecule is O=C(O)CC[C@H](NC(=O)N[C@@H](CCCCNC(=O)CN(CC(=O)O)Cc1ccccn1)C(=O)O)C(=O)O.[C-]#[O+].[C-]#[O+].[C-]#[O+].[Re]. The van der Waals surface area contributed by atoms with Crippen LogP contribution in [0.1, 0.15) is 37.8 Å². The van der Waals surface area contributed by atoms with Gasteiger partial charge in [0.2, 0.25) is 5.91 Å². The Morgan fingerprint density at radius 1 is 0.795 bits per heavy atom. The molecule has 0 aliphatic rings. The molecule has 0 aromatic carbocycles. The molecular formula is C25H31N5O13Re. The van der Waals surface area contributed by atoms with Gasteiger partial charge < -0.3 is 36.4 Å². The van der Waals surface area contributed by atoms with Crippen molar-refractivity contribution in [3.63, 3.8) is 0 Å². The third-order valence-electron chi connectivity index (χ3n) is 4.93. The number of urea groups is 1. The molecule has 18 nitrogen and oxygen atoms in total. The molecule has 44 heavy (non-hydrogen) atoms. The number of carbonyl (C=O) groups excluding carboxylic acids is 2. The zero-order chi connectivity index (χ0) is 33.8. The van der Waals surface area contributed by atoms with Gasteiger partial charge in [-0.2, -0.15) is 0 Å². The van der Waals surface area contributed by atoms with Gasteiger partial charge in [-0.15, -0.1) is 0 Å². The van der Waals surface area contributed by atoms with Crippen LogP contribution in [0, 0.1) is 20.0 Å². The van der Waals surface area contributed by atoms with Gasteiger partial charge in [-0.25, -0.2) is 14.4 Å². The Kier molecular flexibility index (Phi) is 31.8. The first-order chi connectivity index (χ1) is 20.5. The number of hydrogen-bond donors (Lipinski definition) is 7. The minimum Gasteiger partial charge on any atom is 0 e. The van der Waals surface area contributed by atoms with Crippen molar-refractivity contribution in [3.8, 4) is 0 Å². The number of aliphatic carboxylic acids is 4. The molecule has 19 heteroatoms. The van der Waals surface area contributed by atoms with Gasteiger partial charge in [0.25, 0.3) is 0 Å². The first kappa shape index (κ1) is 46.6. The number of carbonyl (C=O) groups is 6. The molecule has 1 rings (SSSR count). The maximum absolute atomic E-state index is 12.2. The Morgan fingerprint density at radius 2 is 1.34 bits per heavy atom. The standard InChI is InChI=1S/C22H31N5O10.3CO.Re/c28-17(12-27(13-19(31)32)11-14-5-1-3-9-23-14)24-10-4-2-6-15(20(33)34)25-22(37)26-16(21(35)36)7-8-18(29)30;3*1-2;/h1,3,5,9,15-16H,2,4,6-8,10-13H2,(H,24,28)(H,29,30)(H,31,32)(H,33,34)(H,35,36)(H2,25,26,37);;;;/t15-,16-;;;;/m0..../s1. The van der Waals surface area contributed by atoms with Gasteiger partial charge in [-0.3, -0.25) is 24.3 Å². The van der Waals surface area contributed by atoms with Crippen LogP contribution in [-0.2, 0) is 64.9 Å². The van der Waals surface area contributed by atoms with Crippen molar-refractivity contribution in [1.82, 2.24) is 25.8 Å². The summed E-state index contributed by atoms with van der Waals surface area (Å²) in [5.41, 5.74) is 0.601. The Hall–Kier alpha value is -4.39. The second-order valence-corrected chi connectivity index (χ2v) is 8.04. The predicted octanol–water partition coefficient (Wildman–Crippen LogP) is -0.790. The number of aromatic nitrogens is 1. The fourth-order valence-corrected chi connectivity index (χ4v) is 3.18. The first-order valence-electron chi connectivity index (χ1n) is 11.9. The summed E-state index contributed by atoms with van der Waals surface area (Å²) in [5.74, 6) is -5.58. The van der Waals surface area contributed by atoms with Gasteiger partial charge in [0.05, 0.1) is 18.8 Å². The zero-order valence-electron chi connectivity index (χ0n) is 23.1. The van der Waals surface area contributed by atoms with Crippen molar-refractivity contribution < 1.29 is 83.6 Å². The number of unbranched alkanes of at least 4 members (excludes halogenated alkanes) is 1. The fourth-order valence-electron chi connectivity index (χ4n) is 3.18. The molecule has 3 amide bonds. The van der Waals surface area contributed by atoms with Crippen LogP contribution in [0.15, 0.2) is 24.4 Å². The van der Waals surface area contributed by atoms with Gasteiger partial charge in [0, 0.05) is 46.1 Å². The summed E-state index contributed by atoms with van der Waals surface area (Å²) in [5, 5.41) is 42.9. The Labute approximate surface area is 265 Å². The number of carboxylic acid groups (broad SMARTS) is 4. The molecule has 0 aliphatic carbocycles. The molecule has 7 N–H and O–H groups in total. The van der Waals surface area contributed by atoms with E-state index in [1.807, 2.05) is 5.32 Å². The average molecular weight is 796 g/mol. The van der Waals surface area contributed by atoms with E-state index < -0.39 is 54.3 Å². The van der Waals surface area contributed by atoms with Gasteiger partial charge in [-0.05, 0) is 37.8 Å². The maximum Gasteiger partial charge on any atom is 0 e. The maximum atomic E-state index is 12.2. The Bertz CT molecular complexity index is 1070.